The largest absolute Gasteiger partial charge is 0.506 e. The quantitative estimate of drug-likeness (QED) is 0.561. The SMILES string of the molecule is Cc1ccc(NC(=O)CCn2c(=S)oc3ccccc32)c(O)c1. The zero-order valence-corrected chi connectivity index (χ0v) is 13.4. The third kappa shape index (κ3) is 3.27. The summed E-state index contributed by atoms with van der Waals surface area (Å²) in [4.78, 5) is 12.4. The highest BCUT2D eigenvalue weighted by atomic mass is 32.1. The minimum absolute atomic E-state index is 0.0590. The van der Waals surface area contributed by atoms with Gasteiger partial charge in [-0.25, -0.2) is 0 Å². The number of aromatic nitrogens is 1. The van der Waals surface area contributed by atoms with E-state index in [4.69, 9.17) is 16.6 Å². The van der Waals surface area contributed by atoms with Crippen LogP contribution in [0.2, 0.25) is 0 Å². The van der Waals surface area contributed by atoms with Crippen molar-refractivity contribution < 1.29 is 14.3 Å². The number of para-hydroxylation sites is 2. The molecule has 5 nitrogen and oxygen atoms in total. The first kappa shape index (κ1) is 15.3. The van der Waals surface area contributed by atoms with Crippen LogP contribution in [0.5, 0.6) is 5.75 Å². The summed E-state index contributed by atoms with van der Waals surface area (Å²) >= 11 is 5.19. The van der Waals surface area contributed by atoms with Gasteiger partial charge in [0.25, 0.3) is 4.84 Å². The van der Waals surface area contributed by atoms with E-state index in [9.17, 15) is 9.90 Å². The first-order valence-corrected chi connectivity index (χ1v) is 7.63. The number of phenolic OH excluding ortho intramolecular Hbond substituents is 1. The number of nitrogens with zero attached hydrogens (tertiary/aromatic N) is 1. The van der Waals surface area contributed by atoms with Crippen LogP contribution < -0.4 is 5.32 Å². The van der Waals surface area contributed by atoms with Gasteiger partial charge in [0, 0.05) is 13.0 Å². The molecule has 0 saturated carbocycles. The fourth-order valence-electron chi connectivity index (χ4n) is 2.40. The molecule has 1 amide bonds. The van der Waals surface area contributed by atoms with Gasteiger partial charge in [-0.3, -0.25) is 9.36 Å². The first-order chi connectivity index (χ1) is 11.0. The molecular formula is C17H16N2O3S. The van der Waals surface area contributed by atoms with Crippen molar-refractivity contribution in [3.63, 3.8) is 0 Å². The van der Waals surface area contributed by atoms with E-state index < -0.39 is 0 Å². The van der Waals surface area contributed by atoms with Gasteiger partial charge in [0.15, 0.2) is 5.58 Å². The number of oxazole rings is 1. The maximum absolute atomic E-state index is 12.1. The number of anilines is 1. The highest BCUT2D eigenvalue weighted by Gasteiger charge is 2.10. The standard InChI is InChI=1S/C17H16N2O3S/c1-11-6-7-12(14(20)10-11)18-16(21)8-9-19-13-4-2-3-5-15(13)22-17(19)23/h2-7,10,20H,8-9H2,1H3,(H,18,21). The summed E-state index contributed by atoms with van der Waals surface area (Å²) in [5.74, 6) is -0.139. The van der Waals surface area contributed by atoms with E-state index in [-0.39, 0.29) is 18.1 Å². The molecule has 0 saturated heterocycles. The minimum atomic E-state index is -0.198. The number of rotatable bonds is 4. The molecule has 0 aliphatic rings. The summed E-state index contributed by atoms with van der Waals surface area (Å²) < 4.78 is 7.28. The van der Waals surface area contributed by atoms with E-state index >= 15 is 0 Å². The van der Waals surface area contributed by atoms with E-state index in [2.05, 4.69) is 5.32 Å². The smallest absolute Gasteiger partial charge is 0.269 e. The summed E-state index contributed by atoms with van der Waals surface area (Å²) in [6, 6.07) is 12.6. The van der Waals surface area contributed by atoms with E-state index in [1.54, 1.807) is 16.7 Å². The van der Waals surface area contributed by atoms with E-state index in [1.165, 1.54) is 0 Å². The highest BCUT2D eigenvalue weighted by Crippen LogP contribution is 2.24. The Hall–Kier alpha value is -2.60. The average molecular weight is 328 g/mol. The zero-order chi connectivity index (χ0) is 16.4. The third-order valence-corrected chi connectivity index (χ3v) is 3.87. The number of benzene rings is 2. The van der Waals surface area contributed by atoms with Crippen molar-refractivity contribution in [2.75, 3.05) is 5.32 Å². The van der Waals surface area contributed by atoms with Gasteiger partial charge in [-0.05, 0) is 49.0 Å². The molecule has 1 heterocycles. The maximum Gasteiger partial charge on any atom is 0.269 e. The van der Waals surface area contributed by atoms with Crippen LogP contribution in [0.3, 0.4) is 0 Å². The fourth-order valence-corrected chi connectivity index (χ4v) is 2.68. The Kier molecular flexibility index (Phi) is 4.16. The Morgan fingerprint density at radius 3 is 2.87 bits per heavy atom. The Bertz CT molecular complexity index is 927. The van der Waals surface area contributed by atoms with Crippen LogP contribution in [0, 0.1) is 11.8 Å². The summed E-state index contributed by atoms with van der Waals surface area (Å²) in [6.07, 6.45) is 0.227. The van der Waals surface area contributed by atoms with Crippen molar-refractivity contribution in [2.24, 2.45) is 0 Å². The normalized spacial score (nSPS) is 10.8. The predicted molar refractivity (Wildman–Crippen MR) is 91.1 cm³/mol. The number of nitrogens with one attached hydrogen (secondary N) is 1. The van der Waals surface area contributed by atoms with Gasteiger partial charge in [0.05, 0.1) is 11.2 Å². The molecule has 23 heavy (non-hydrogen) atoms. The van der Waals surface area contributed by atoms with Crippen LogP contribution in [-0.2, 0) is 11.3 Å². The third-order valence-electron chi connectivity index (χ3n) is 3.56. The van der Waals surface area contributed by atoms with Crippen molar-refractivity contribution in [2.45, 2.75) is 19.9 Å². The lowest BCUT2D eigenvalue weighted by molar-refractivity contribution is -0.116. The number of carbonyl (C=O) groups excluding carboxylic acids is 1. The molecule has 2 aromatic carbocycles. The molecule has 3 aromatic rings. The Balaban J connectivity index is 1.71. The second kappa shape index (κ2) is 6.26. The van der Waals surface area contributed by atoms with Gasteiger partial charge < -0.3 is 14.8 Å². The van der Waals surface area contributed by atoms with Gasteiger partial charge in [-0.15, -0.1) is 0 Å². The van der Waals surface area contributed by atoms with Crippen LogP contribution >= 0.6 is 12.2 Å². The first-order valence-electron chi connectivity index (χ1n) is 7.22. The number of aromatic hydroxyl groups is 1. The van der Waals surface area contributed by atoms with Crippen LogP contribution in [0.4, 0.5) is 5.69 Å². The van der Waals surface area contributed by atoms with E-state index in [0.29, 0.717) is 22.7 Å². The van der Waals surface area contributed by atoms with Crippen molar-refractivity contribution in [1.82, 2.24) is 4.57 Å². The number of fused-ring (bicyclic) bond motifs is 1. The molecule has 0 atom stereocenters. The molecule has 0 radical (unpaired) electrons. The number of amides is 1. The molecule has 0 fully saturated rings. The molecule has 0 aliphatic heterocycles. The number of phenols is 1. The van der Waals surface area contributed by atoms with Crippen LogP contribution in [0.25, 0.3) is 11.1 Å². The van der Waals surface area contributed by atoms with E-state index in [0.717, 1.165) is 11.1 Å². The molecule has 118 valence electrons. The Labute approximate surface area is 138 Å². The second-order valence-electron chi connectivity index (χ2n) is 5.31. The molecule has 1 aromatic heterocycles. The molecule has 0 unspecified atom stereocenters. The maximum atomic E-state index is 12.1. The lowest BCUT2D eigenvalue weighted by Gasteiger charge is -2.08. The predicted octanol–water partition coefficient (Wildman–Crippen LogP) is 4.01. The van der Waals surface area contributed by atoms with Gasteiger partial charge in [0.2, 0.25) is 5.91 Å². The summed E-state index contributed by atoms with van der Waals surface area (Å²) in [6.45, 7) is 2.28. The lowest BCUT2D eigenvalue weighted by atomic mass is 10.2. The lowest BCUT2D eigenvalue weighted by Crippen LogP contribution is -2.14. The fraction of sp³-hybridized carbons (Fsp3) is 0.176. The number of aryl methyl sites for hydroxylation is 2. The van der Waals surface area contributed by atoms with Gasteiger partial charge in [0.1, 0.15) is 5.75 Å². The molecule has 6 heteroatoms. The Morgan fingerprint density at radius 2 is 2.09 bits per heavy atom. The topological polar surface area (TPSA) is 67.4 Å². The summed E-state index contributed by atoms with van der Waals surface area (Å²) in [5, 5.41) is 12.5. The van der Waals surface area contributed by atoms with E-state index in [1.807, 2.05) is 37.3 Å². The number of hydrogen-bond donors (Lipinski definition) is 2. The minimum Gasteiger partial charge on any atom is -0.506 e. The van der Waals surface area contributed by atoms with Crippen LogP contribution in [0.1, 0.15) is 12.0 Å². The second-order valence-corrected chi connectivity index (χ2v) is 5.66. The summed E-state index contributed by atoms with van der Waals surface area (Å²) in [7, 11) is 0. The van der Waals surface area contributed by atoms with Gasteiger partial charge in [-0.2, -0.15) is 0 Å². The van der Waals surface area contributed by atoms with Gasteiger partial charge in [-0.1, -0.05) is 18.2 Å². The molecule has 2 N–H and O–H groups in total. The number of hydrogen-bond acceptors (Lipinski definition) is 4. The van der Waals surface area contributed by atoms with Crippen molar-refractivity contribution >= 4 is 34.9 Å². The monoisotopic (exact) mass is 328 g/mol. The van der Waals surface area contributed by atoms with Crippen LogP contribution in [0.15, 0.2) is 46.9 Å². The highest BCUT2D eigenvalue weighted by molar-refractivity contribution is 7.71. The van der Waals surface area contributed by atoms with Crippen LogP contribution in [-0.4, -0.2) is 15.6 Å². The van der Waals surface area contributed by atoms with Crippen molar-refractivity contribution in [3.05, 3.63) is 52.9 Å². The van der Waals surface area contributed by atoms with Gasteiger partial charge >= 0.3 is 0 Å². The number of carbonyl (C=O) groups is 1. The Morgan fingerprint density at radius 1 is 1.30 bits per heavy atom. The molecular weight excluding hydrogens is 312 g/mol. The molecule has 0 spiro atoms. The van der Waals surface area contributed by atoms with Crippen molar-refractivity contribution in [1.29, 1.82) is 0 Å². The molecule has 0 aliphatic carbocycles. The zero-order valence-electron chi connectivity index (χ0n) is 12.6. The molecule has 3 rings (SSSR count). The molecule has 0 bridgehead atoms. The van der Waals surface area contributed by atoms with Crippen molar-refractivity contribution in [3.8, 4) is 5.75 Å². The average Bonchev–Trinajstić information content (AvgIpc) is 2.83. The summed E-state index contributed by atoms with van der Waals surface area (Å²) in [5.41, 5.74) is 2.90.